The van der Waals surface area contributed by atoms with Gasteiger partial charge in [0.25, 0.3) is 0 Å². The number of rotatable bonds is 4. The monoisotopic (exact) mass is 625 g/mol. The van der Waals surface area contributed by atoms with Crippen LogP contribution in [-0.4, -0.2) is 15.0 Å². The summed E-state index contributed by atoms with van der Waals surface area (Å²) in [7, 11) is 0. The Morgan fingerprint density at radius 3 is 1.73 bits per heavy atom. The molecule has 0 aliphatic heterocycles. The molecule has 0 atom stereocenters. The molecule has 4 heteroatoms. The van der Waals surface area contributed by atoms with Crippen molar-refractivity contribution in [1.29, 1.82) is 0 Å². The summed E-state index contributed by atoms with van der Waals surface area (Å²) in [4.78, 5) is 15.6. The maximum Gasteiger partial charge on any atom is 0.164 e. The van der Waals surface area contributed by atoms with E-state index in [1.807, 2.05) is 48.5 Å². The first-order valence-electron chi connectivity index (χ1n) is 16.4. The Labute approximate surface area is 282 Å². The molecule has 2 aromatic heterocycles. The van der Waals surface area contributed by atoms with Crippen LogP contribution in [0.15, 0.2) is 168 Å². The average molecular weight is 626 g/mol. The van der Waals surface area contributed by atoms with Gasteiger partial charge in [-0.3, -0.25) is 0 Å². The molecule has 0 spiro atoms. The van der Waals surface area contributed by atoms with E-state index in [1.165, 1.54) is 10.8 Å². The number of hydrogen-bond acceptors (Lipinski definition) is 4. The number of benzene rings is 8. The molecule has 0 saturated heterocycles. The van der Waals surface area contributed by atoms with E-state index in [1.54, 1.807) is 0 Å². The van der Waals surface area contributed by atoms with Crippen LogP contribution < -0.4 is 0 Å². The van der Waals surface area contributed by atoms with Crippen molar-refractivity contribution >= 4 is 54.3 Å². The third-order valence-electron chi connectivity index (χ3n) is 9.47. The molecule has 10 aromatic rings. The zero-order valence-electron chi connectivity index (χ0n) is 26.3. The highest BCUT2D eigenvalue weighted by Gasteiger charge is 2.21. The van der Waals surface area contributed by atoms with Gasteiger partial charge in [-0.25, -0.2) is 15.0 Å². The highest BCUT2D eigenvalue weighted by atomic mass is 16.3. The van der Waals surface area contributed by atoms with E-state index in [9.17, 15) is 0 Å². The standard InChI is InChI=1S/C45H27N3O/c1-3-13-28(14-4-1)37-27-33(25-31-18-8-9-19-34(31)37)44-46-43(30-16-5-2-6-17-30)47-45(48-44)38-26-32-24-23-29-15-7-10-20-35(29)40(32)42-41(38)36-21-11-12-22-39(36)49-42/h1-27H. The van der Waals surface area contributed by atoms with Gasteiger partial charge in [-0.2, -0.15) is 0 Å². The van der Waals surface area contributed by atoms with E-state index in [-0.39, 0.29) is 0 Å². The zero-order valence-corrected chi connectivity index (χ0v) is 26.3. The van der Waals surface area contributed by atoms with Crippen molar-refractivity contribution < 1.29 is 4.42 Å². The topological polar surface area (TPSA) is 51.8 Å². The van der Waals surface area contributed by atoms with Gasteiger partial charge in [-0.15, -0.1) is 0 Å². The number of nitrogens with zero attached hydrogens (tertiary/aromatic N) is 3. The van der Waals surface area contributed by atoms with Crippen LogP contribution in [0.25, 0.3) is 99.5 Å². The SMILES string of the molecule is c1ccc(-c2nc(-c3cc(-c4ccccc4)c4ccccc4c3)nc(-c3cc4ccc5ccccc5c4c4oc5ccccc5c34)n2)cc1. The summed E-state index contributed by atoms with van der Waals surface area (Å²) in [5, 5.41) is 8.83. The van der Waals surface area contributed by atoms with Crippen LogP contribution in [-0.2, 0) is 0 Å². The molecule has 2 heterocycles. The summed E-state index contributed by atoms with van der Waals surface area (Å²) in [6.45, 7) is 0. The van der Waals surface area contributed by atoms with Gasteiger partial charge < -0.3 is 4.42 Å². The lowest BCUT2D eigenvalue weighted by Crippen LogP contribution is -2.01. The Kier molecular flexibility index (Phi) is 6.15. The maximum absolute atomic E-state index is 6.71. The lowest BCUT2D eigenvalue weighted by Gasteiger charge is -2.13. The smallest absolute Gasteiger partial charge is 0.164 e. The average Bonchev–Trinajstić information content (AvgIpc) is 3.57. The second kappa shape index (κ2) is 11.0. The Bertz CT molecular complexity index is 2880. The lowest BCUT2D eigenvalue weighted by molar-refractivity contribution is 0.673. The minimum Gasteiger partial charge on any atom is -0.455 e. The molecular weight excluding hydrogens is 599 g/mol. The fraction of sp³-hybridized carbons (Fsp3) is 0. The molecule has 0 amide bonds. The van der Waals surface area contributed by atoms with Crippen molar-refractivity contribution in [2.24, 2.45) is 0 Å². The van der Waals surface area contributed by atoms with Gasteiger partial charge >= 0.3 is 0 Å². The van der Waals surface area contributed by atoms with Crippen molar-refractivity contribution in [3.63, 3.8) is 0 Å². The van der Waals surface area contributed by atoms with Crippen LogP contribution in [0, 0.1) is 0 Å². The third kappa shape index (κ3) is 4.49. The quantitative estimate of drug-likeness (QED) is 0.183. The summed E-state index contributed by atoms with van der Waals surface area (Å²) in [5.41, 5.74) is 6.72. The van der Waals surface area contributed by atoms with Crippen LogP contribution in [0.5, 0.6) is 0 Å². The Morgan fingerprint density at radius 2 is 0.939 bits per heavy atom. The zero-order chi connectivity index (χ0) is 32.3. The molecule has 0 fully saturated rings. The first-order chi connectivity index (χ1) is 24.3. The summed E-state index contributed by atoms with van der Waals surface area (Å²) in [6, 6.07) is 56.8. The van der Waals surface area contributed by atoms with Crippen LogP contribution in [0.4, 0.5) is 0 Å². The van der Waals surface area contributed by atoms with Crippen LogP contribution in [0.2, 0.25) is 0 Å². The molecule has 0 aliphatic carbocycles. The van der Waals surface area contributed by atoms with Gasteiger partial charge in [0, 0.05) is 32.8 Å². The van der Waals surface area contributed by atoms with E-state index in [2.05, 4.69) is 115 Å². The second-order valence-electron chi connectivity index (χ2n) is 12.4. The minimum atomic E-state index is 0.602. The minimum absolute atomic E-state index is 0.602. The molecular formula is C45H27N3O. The highest BCUT2D eigenvalue weighted by molar-refractivity contribution is 6.26. The first kappa shape index (κ1) is 27.5. The van der Waals surface area contributed by atoms with E-state index in [4.69, 9.17) is 19.4 Å². The van der Waals surface area contributed by atoms with Crippen LogP contribution in [0.3, 0.4) is 0 Å². The van der Waals surface area contributed by atoms with E-state index < -0.39 is 0 Å². The molecule has 0 unspecified atom stereocenters. The molecule has 0 radical (unpaired) electrons. The lowest BCUT2D eigenvalue weighted by atomic mass is 9.95. The Balaban J connectivity index is 1.30. The van der Waals surface area contributed by atoms with Gasteiger partial charge in [-0.05, 0) is 62.3 Å². The molecule has 49 heavy (non-hydrogen) atoms. The van der Waals surface area contributed by atoms with Crippen LogP contribution >= 0.6 is 0 Å². The Morgan fingerprint density at radius 1 is 0.347 bits per heavy atom. The van der Waals surface area contributed by atoms with Crippen molar-refractivity contribution in [2.45, 2.75) is 0 Å². The largest absolute Gasteiger partial charge is 0.455 e. The molecule has 8 aromatic carbocycles. The van der Waals surface area contributed by atoms with Crippen molar-refractivity contribution in [2.75, 3.05) is 0 Å². The molecule has 0 saturated carbocycles. The van der Waals surface area contributed by atoms with E-state index in [0.717, 1.165) is 71.3 Å². The van der Waals surface area contributed by atoms with Gasteiger partial charge in [0.05, 0.1) is 0 Å². The third-order valence-corrected chi connectivity index (χ3v) is 9.47. The fourth-order valence-corrected chi connectivity index (χ4v) is 7.19. The maximum atomic E-state index is 6.71. The fourth-order valence-electron chi connectivity index (χ4n) is 7.19. The predicted molar refractivity (Wildman–Crippen MR) is 201 cm³/mol. The van der Waals surface area contributed by atoms with Gasteiger partial charge in [0.1, 0.15) is 11.2 Å². The van der Waals surface area contributed by atoms with Crippen molar-refractivity contribution in [3.05, 3.63) is 164 Å². The summed E-state index contributed by atoms with van der Waals surface area (Å²) in [6.07, 6.45) is 0. The van der Waals surface area contributed by atoms with Gasteiger partial charge in [-0.1, -0.05) is 140 Å². The molecule has 0 bridgehead atoms. The number of fused-ring (bicyclic) bond motifs is 8. The normalized spacial score (nSPS) is 11.7. The van der Waals surface area contributed by atoms with Crippen molar-refractivity contribution in [3.8, 4) is 45.3 Å². The molecule has 0 aliphatic rings. The number of para-hydroxylation sites is 1. The predicted octanol–water partition coefficient (Wildman–Crippen LogP) is 11.9. The molecule has 10 rings (SSSR count). The Hall–Kier alpha value is -6.65. The van der Waals surface area contributed by atoms with Crippen LogP contribution in [0.1, 0.15) is 0 Å². The number of furan rings is 1. The van der Waals surface area contributed by atoms with Gasteiger partial charge in [0.2, 0.25) is 0 Å². The van der Waals surface area contributed by atoms with Crippen molar-refractivity contribution in [1.82, 2.24) is 15.0 Å². The first-order valence-corrected chi connectivity index (χ1v) is 16.4. The number of aromatic nitrogens is 3. The summed E-state index contributed by atoms with van der Waals surface area (Å²) in [5.74, 6) is 1.84. The molecule has 0 N–H and O–H groups in total. The van der Waals surface area contributed by atoms with E-state index in [0.29, 0.717) is 17.5 Å². The molecule has 228 valence electrons. The van der Waals surface area contributed by atoms with E-state index >= 15 is 0 Å². The summed E-state index contributed by atoms with van der Waals surface area (Å²) >= 11 is 0. The summed E-state index contributed by atoms with van der Waals surface area (Å²) < 4.78 is 6.71. The van der Waals surface area contributed by atoms with Gasteiger partial charge in [0.15, 0.2) is 17.5 Å². The highest BCUT2D eigenvalue weighted by Crippen LogP contribution is 2.43. The second-order valence-corrected chi connectivity index (χ2v) is 12.4. The molecule has 4 nitrogen and oxygen atoms in total. The number of hydrogen-bond donors (Lipinski definition) is 0.